The van der Waals surface area contributed by atoms with Gasteiger partial charge >= 0.3 is 0 Å². The van der Waals surface area contributed by atoms with Crippen LogP contribution < -0.4 is 20.3 Å². The van der Waals surface area contributed by atoms with E-state index in [1.54, 1.807) is 11.3 Å². The standard InChI is InChI=1S/C72H64N2OSSi/c1-71(2)60-32-19-33-66(77(5,49-24-7-6-8-25-49)50-36-37-58-56-30-16-15-28-54(56)52-26-13-14-27-53(52)55-29-17-18-31-57(55)59(58)44-50)69(60)75-64-41-35-48(42-61(64)72(71,3)4)67-51(46-22-11-12-23-46)38-40-63-68(67)73-70-74(63)62-39-34-47(43-65(62)76-70)45-20-9-10-21-45/h6-8,13-19,24-46H,9-12,20-23H2,1-5H3/b54-52-,55-53-,58-56-,59-57-/i45D,46D. The molecule has 1 aliphatic heterocycles. The molecular formula is C72H64N2OSSi. The van der Waals surface area contributed by atoms with E-state index in [9.17, 15) is 2.74 Å². The van der Waals surface area contributed by atoms with E-state index in [4.69, 9.17) is 9.72 Å². The second-order valence-electron chi connectivity index (χ2n) is 23.6. The van der Waals surface area contributed by atoms with Gasteiger partial charge in [-0.05, 0) is 142 Å². The van der Waals surface area contributed by atoms with Crippen LogP contribution in [0.1, 0.15) is 116 Å². The zero-order chi connectivity index (χ0) is 53.6. The van der Waals surface area contributed by atoms with Crippen LogP contribution in [0.25, 0.3) is 37.3 Å². The average molecular weight is 1040 g/mol. The highest BCUT2D eigenvalue weighted by Gasteiger charge is 2.48. The molecule has 2 fully saturated rings. The Bertz CT molecular complexity index is 4780. The Morgan fingerprint density at radius 1 is 0.532 bits per heavy atom. The van der Waals surface area contributed by atoms with Gasteiger partial charge in [0.2, 0.25) is 0 Å². The fraction of sp³-hybridized carbons (Fsp3) is 0.236. The molecule has 0 N–H and O–H groups in total. The first-order valence-electron chi connectivity index (χ1n) is 29.1. The second-order valence-corrected chi connectivity index (χ2v) is 28.6. The highest BCUT2D eigenvalue weighted by Crippen LogP contribution is 2.54. The summed E-state index contributed by atoms with van der Waals surface area (Å²) >= 11 is 1.72. The van der Waals surface area contributed by atoms with Crippen molar-refractivity contribution in [3.05, 3.63) is 252 Å². The number of ether oxygens (including phenoxy) is 1. The molecule has 3 aliphatic carbocycles. The SMILES string of the molecule is [2H]C1(c2ccc3c(c2)sc2nc4c(-c5ccc6c(c5)C(C)(C)C(C)(C)c5cccc([Si](C)(c7ccccc7)c7ccc8/c(c7)=c7/cccc/c7=c7\cccc\c7=c7/cccc/c7=8)c5O6)c(C5([2H])CCCC5)ccc4n23)CCCC1. The molecule has 11 aromatic rings. The predicted molar refractivity (Wildman–Crippen MR) is 322 cm³/mol. The molecule has 0 radical (unpaired) electrons. The van der Waals surface area contributed by atoms with Crippen LogP contribution in [0.3, 0.4) is 0 Å². The molecule has 0 bridgehead atoms. The summed E-state index contributed by atoms with van der Waals surface area (Å²) < 4.78 is 30.6. The number of nitrogens with zero attached hydrogens (tertiary/aromatic N) is 2. The summed E-state index contributed by atoms with van der Waals surface area (Å²) in [4.78, 5) is 6.51. The van der Waals surface area contributed by atoms with Crippen LogP contribution >= 0.6 is 11.3 Å². The minimum Gasteiger partial charge on any atom is -0.457 e. The number of imidazole rings is 1. The lowest BCUT2D eigenvalue weighted by atomic mass is 9.61. The van der Waals surface area contributed by atoms with Gasteiger partial charge in [0.1, 0.15) is 19.6 Å². The average Bonchev–Trinajstić information content (AvgIpc) is 4.38. The first-order chi connectivity index (χ1) is 38.3. The first kappa shape index (κ1) is 44.8. The number of fused-ring (bicyclic) bond motifs is 11. The summed E-state index contributed by atoms with van der Waals surface area (Å²) in [5.41, 5.74) is 9.06. The van der Waals surface area contributed by atoms with Gasteiger partial charge in [0.15, 0.2) is 4.96 Å². The lowest BCUT2D eigenvalue weighted by Gasteiger charge is -2.42. The normalized spacial score (nSPS) is 20.4. The van der Waals surface area contributed by atoms with E-state index >= 15 is 0 Å². The fourth-order valence-electron chi connectivity index (χ4n) is 14.3. The minimum atomic E-state index is -2.92. The van der Waals surface area contributed by atoms with Crippen LogP contribution in [-0.4, -0.2) is 17.5 Å². The van der Waals surface area contributed by atoms with Gasteiger partial charge in [-0.15, -0.1) is 0 Å². The number of rotatable bonds is 6. The lowest BCUT2D eigenvalue weighted by Crippen LogP contribution is -2.65. The van der Waals surface area contributed by atoms with E-state index < -0.39 is 30.7 Å². The van der Waals surface area contributed by atoms with Crippen LogP contribution in [0.15, 0.2) is 188 Å². The topological polar surface area (TPSA) is 26.5 Å². The summed E-state index contributed by atoms with van der Waals surface area (Å²) in [6.07, 6.45) is 7.85. The van der Waals surface area contributed by atoms with Crippen molar-refractivity contribution < 1.29 is 7.48 Å². The molecule has 9 aromatic carbocycles. The van der Waals surface area contributed by atoms with E-state index in [2.05, 4.69) is 227 Å². The van der Waals surface area contributed by atoms with Crippen molar-refractivity contribution in [1.82, 2.24) is 9.38 Å². The van der Waals surface area contributed by atoms with Gasteiger partial charge in [0.05, 0.1) is 21.3 Å². The Balaban J connectivity index is 0.940. The summed E-state index contributed by atoms with van der Waals surface area (Å²) in [5.74, 6) is 0.623. The quantitative estimate of drug-likeness (QED) is 0.123. The molecule has 3 nitrogen and oxygen atoms in total. The van der Waals surface area contributed by atoms with E-state index in [1.165, 1.54) is 67.6 Å². The molecule has 4 aliphatic rings. The largest absolute Gasteiger partial charge is 0.457 e. The first-order valence-corrected chi connectivity index (χ1v) is 31.4. The van der Waals surface area contributed by atoms with Gasteiger partial charge in [-0.25, -0.2) is 4.98 Å². The lowest BCUT2D eigenvalue weighted by molar-refractivity contribution is 0.306. The molecule has 3 heterocycles. The van der Waals surface area contributed by atoms with E-state index in [1.807, 2.05) is 0 Å². The van der Waals surface area contributed by atoms with Gasteiger partial charge < -0.3 is 4.74 Å². The molecule has 15 rings (SSSR count). The third-order valence-corrected chi connectivity index (χ3v) is 24.7. The molecule has 0 amide bonds. The van der Waals surface area contributed by atoms with Crippen LogP contribution in [-0.2, 0) is 10.8 Å². The number of hydrogen-bond acceptors (Lipinski definition) is 3. The monoisotopic (exact) mass is 1030 g/mol. The molecule has 1 atom stereocenters. The number of aromatic nitrogens is 2. The van der Waals surface area contributed by atoms with E-state index in [0.717, 1.165) is 112 Å². The van der Waals surface area contributed by atoms with Gasteiger partial charge in [0.25, 0.3) is 0 Å². The van der Waals surface area contributed by atoms with Crippen molar-refractivity contribution >= 4 is 61.2 Å². The Kier molecular flexibility index (Phi) is 10.2. The van der Waals surface area contributed by atoms with E-state index in [0.29, 0.717) is 0 Å². The summed E-state index contributed by atoms with van der Waals surface area (Å²) in [6.45, 7) is 12.2. The van der Waals surface area contributed by atoms with Crippen LogP contribution in [0.4, 0.5) is 0 Å². The predicted octanol–water partition coefficient (Wildman–Crippen LogP) is 16.6. The number of thiazole rings is 1. The van der Waals surface area contributed by atoms with Gasteiger partial charge in [-0.2, -0.15) is 0 Å². The Morgan fingerprint density at radius 3 is 1.78 bits per heavy atom. The zero-order valence-corrected chi connectivity index (χ0v) is 46.6. The molecule has 5 heteroatoms. The molecule has 0 spiro atoms. The Morgan fingerprint density at radius 2 is 1.12 bits per heavy atom. The van der Waals surface area contributed by atoms with Crippen molar-refractivity contribution in [2.45, 2.75) is 108 Å². The molecule has 378 valence electrons. The van der Waals surface area contributed by atoms with Crippen LogP contribution in [0, 0.1) is 41.7 Å². The molecule has 2 saturated carbocycles. The van der Waals surface area contributed by atoms with Gasteiger partial charge in [-0.3, -0.25) is 4.40 Å². The number of benzene rings is 9. The smallest absolute Gasteiger partial charge is 0.195 e. The van der Waals surface area contributed by atoms with Crippen molar-refractivity contribution in [2.75, 3.05) is 0 Å². The van der Waals surface area contributed by atoms with E-state index in [-0.39, 0.29) is 0 Å². The highest BCUT2D eigenvalue weighted by molar-refractivity contribution is 7.23. The van der Waals surface area contributed by atoms with Crippen molar-refractivity contribution in [3.8, 4) is 22.6 Å². The molecular weight excluding hydrogens is 969 g/mol. The third-order valence-electron chi connectivity index (χ3n) is 19.2. The summed E-state index contributed by atoms with van der Waals surface area (Å²) in [5, 5.41) is 13.9. The van der Waals surface area contributed by atoms with Gasteiger partial charge in [-0.1, -0.05) is 229 Å². The third kappa shape index (κ3) is 7.01. The van der Waals surface area contributed by atoms with Crippen molar-refractivity contribution in [2.24, 2.45) is 0 Å². The second kappa shape index (κ2) is 17.6. The molecule has 1 unspecified atom stereocenters. The maximum absolute atomic E-state index is 10.1. The Labute approximate surface area is 458 Å². The molecule has 0 saturated heterocycles. The summed E-state index contributed by atoms with van der Waals surface area (Å²) in [6, 6.07) is 70.5. The molecule has 2 aromatic heterocycles. The highest BCUT2D eigenvalue weighted by atomic mass is 32.1. The minimum absolute atomic E-state index is 0.391. The van der Waals surface area contributed by atoms with Gasteiger partial charge in [0, 0.05) is 30.3 Å². The summed E-state index contributed by atoms with van der Waals surface area (Å²) in [7, 11) is -2.92. The maximum atomic E-state index is 10.1. The molecule has 77 heavy (non-hydrogen) atoms. The fourth-order valence-corrected chi connectivity index (χ4v) is 19.1. The Hall–Kier alpha value is -7.31. The van der Waals surface area contributed by atoms with Crippen molar-refractivity contribution in [3.63, 3.8) is 0 Å². The maximum Gasteiger partial charge on any atom is 0.195 e. The zero-order valence-electron chi connectivity index (χ0n) is 46.8. The van der Waals surface area contributed by atoms with Crippen LogP contribution in [0.2, 0.25) is 6.55 Å². The van der Waals surface area contributed by atoms with Crippen molar-refractivity contribution in [1.29, 1.82) is 0 Å². The van der Waals surface area contributed by atoms with Crippen LogP contribution in [0.5, 0.6) is 11.5 Å². The number of hydrogen-bond donors (Lipinski definition) is 0. The number of para-hydroxylation sites is 1.